The average Bonchev–Trinajstić information content (AvgIpc) is 2.38. The van der Waals surface area contributed by atoms with E-state index in [0.29, 0.717) is 5.82 Å². The van der Waals surface area contributed by atoms with Gasteiger partial charge in [-0.2, -0.15) is 0 Å². The van der Waals surface area contributed by atoms with E-state index in [0.717, 1.165) is 9.92 Å². The standard InChI is InChI=1S/C14H18N4S/c1-14(2,3)10-4-6-11(7-5-10)19-13-9-16-8-12(17-13)18-15/h4-9H,15H2,1-3H3,(H,17,18). The van der Waals surface area contributed by atoms with Gasteiger partial charge >= 0.3 is 0 Å². The lowest BCUT2D eigenvalue weighted by atomic mass is 9.87. The first kappa shape index (κ1) is 13.8. The lowest BCUT2D eigenvalue weighted by molar-refractivity contribution is 0.590. The number of hydrogen-bond acceptors (Lipinski definition) is 5. The van der Waals surface area contributed by atoms with Crippen LogP contribution >= 0.6 is 11.8 Å². The molecule has 0 aliphatic carbocycles. The van der Waals surface area contributed by atoms with Crippen LogP contribution in [0.5, 0.6) is 0 Å². The van der Waals surface area contributed by atoms with Crippen molar-refractivity contribution in [3.63, 3.8) is 0 Å². The van der Waals surface area contributed by atoms with Crippen LogP contribution in [0.4, 0.5) is 5.82 Å². The highest BCUT2D eigenvalue weighted by Crippen LogP contribution is 2.29. The number of hydrazine groups is 1. The fourth-order valence-corrected chi connectivity index (χ4v) is 2.38. The Kier molecular flexibility index (Phi) is 4.07. The summed E-state index contributed by atoms with van der Waals surface area (Å²) in [6.07, 6.45) is 3.32. The summed E-state index contributed by atoms with van der Waals surface area (Å²) < 4.78 is 0. The van der Waals surface area contributed by atoms with Crippen molar-refractivity contribution >= 4 is 17.6 Å². The summed E-state index contributed by atoms with van der Waals surface area (Å²) in [6.45, 7) is 6.62. The number of nitrogens with zero attached hydrogens (tertiary/aromatic N) is 2. The van der Waals surface area contributed by atoms with E-state index in [1.165, 1.54) is 5.56 Å². The van der Waals surface area contributed by atoms with Gasteiger partial charge in [-0.25, -0.2) is 10.8 Å². The SMILES string of the molecule is CC(C)(C)c1ccc(Sc2cncc(NN)n2)cc1. The van der Waals surface area contributed by atoms with Crippen molar-refractivity contribution in [2.24, 2.45) is 5.84 Å². The van der Waals surface area contributed by atoms with Crippen LogP contribution in [0.2, 0.25) is 0 Å². The number of nitrogens with two attached hydrogens (primary N) is 1. The number of nitrogen functional groups attached to an aromatic ring is 1. The summed E-state index contributed by atoms with van der Waals surface area (Å²) >= 11 is 1.57. The first-order valence-corrected chi connectivity index (χ1v) is 6.88. The molecule has 0 spiro atoms. The third-order valence-electron chi connectivity index (χ3n) is 2.70. The number of benzene rings is 1. The highest BCUT2D eigenvalue weighted by atomic mass is 32.2. The van der Waals surface area contributed by atoms with Gasteiger partial charge in [0.2, 0.25) is 0 Å². The Morgan fingerprint density at radius 2 is 1.79 bits per heavy atom. The molecule has 1 aromatic carbocycles. The van der Waals surface area contributed by atoms with Crippen LogP contribution in [0.25, 0.3) is 0 Å². The van der Waals surface area contributed by atoms with Crippen LogP contribution in [0, 0.1) is 0 Å². The van der Waals surface area contributed by atoms with E-state index in [4.69, 9.17) is 5.84 Å². The van der Waals surface area contributed by atoms with Gasteiger partial charge < -0.3 is 5.43 Å². The maximum atomic E-state index is 5.32. The average molecular weight is 274 g/mol. The molecule has 5 heteroatoms. The zero-order chi connectivity index (χ0) is 13.9. The Balaban J connectivity index is 2.15. The quantitative estimate of drug-likeness (QED) is 0.664. The molecule has 100 valence electrons. The van der Waals surface area contributed by atoms with Gasteiger partial charge in [-0.3, -0.25) is 4.98 Å². The molecule has 1 heterocycles. The van der Waals surface area contributed by atoms with Crippen molar-refractivity contribution in [2.45, 2.75) is 36.1 Å². The van der Waals surface area contributed by atoms with E-state index < -0.39 is 0 Å². The molecule has 4 nitrogen and oxygen atoms in total. The van der Waals surface area contributed by atoms with Gasteiger partial charge in [0.05, 0.1) is 12.4 Å². The molecule has 0 amide bonds. The zero-order valence-electron chi connectivity index (χ0n) is 11.3. The Morgan fingerprint density at radius 3 is 2.37 bits per heavy atom. The monoisotopic (exact) mass is 274 g/mol. The van der Waals surface area contributed by atoms with Crippen LogP contribution < -0.4 is 11.3 Å². The van der Waals surface area contributed by atoms with Crippen molar-refractivity contribution < 1.29 is 0 Å². The minimum atomic E-state index is 0.173. The summed E-state index contributed by atoms with van der Waals surface area (Å²) in [5.41, 5.74) is 3.99. The van der Waals surface area contributed by atoms with Crippen LogP contribution in [0.1, 0.15) is 26.3 Å². The van der Waals surface area contributed by atoms with E-state index in [-0.39, 0.29) is 5.41 Å². The molecule has 0 aliphatic rings. The number of rotatable bonds is 3. The molecule has 0 unspecified atom stereocenters. The molecule has 19 heavy (non-hydrogen) atoms. The molecule has 2 aromatic rings. The summed E-state index contributed by atoms with van der Waals surface area (Å²) in [5.74, 6) is 5.88. The maximum Gasteiger partial charge on any atom is 0.159 e. The van der Waals surface area contributed by atoms with Crippen LogP contribution in [0.15, 0.2) is 46.6 Å². The predicted molar refractivity (Wildman–Crippen MR) is 79.1 cm³/mol. The van der Waals surface area contributed by atoms with Gasteiger partial charge in [-0.15, -0.1) is 0 Å². The second-order valence-electron chi connectivity index (χ2n) is 5.26. The maximum absolute atomic E-state index is 5.32. The van der Waals surface area contributed by atoms with Crippen molar-refractivity contribution in [3.8, 4) is 0 Å². The molecule has 0 bridgehead atoms. The van der Waals surface area contributed by atoms with Crippen LogP contribution in [-0.2, 0) is 5.41 Å². The minimum absolute atomic E-state index is 0.173. The first-order valence-electron chi connectivity index (χ1n) is 6.06. The first-order chi connectivity index (χ1) is 8.99. The van der Waals surface area contributed by atoms with E-state index >= 15 is 0 Å². The largest absolute Gasteiger partial charge is 0.307 e. The lowest BCUT2D eigenvalue weighted by Gasteiger charge is -2.18. The number of anilines is 1. The molecule has 3 N–H and O–H groups in total. The molecule has 0 fully saturated rings. The third-order valence-corrected chi connectivity index (χ3v) is 3.62. The summed E-state index contributed by atoms with van der Waals surface area (Å²) in [7, 11) is 0. The topological polar surface area (TPSA) is 63.8 Å². The Labute approximate surface area is 117 Å². The lowest BCUT2D eigenvalue weighted by Crippen LogP contribution is -2.10. The normalized spacial score (nSPS) is 11.4. The molecule has 2 rings (SSSR count). The van der Waals surface area contributed by atoms with Gasteiger partial charge in [0.25, 0.3) is 0 Å². The highest BCUT2D eigenvalue weighted by Gasteiger charge is 2.13. The van der Waals surface area contributed by atoms with E-state index in [9.17, 15) is 0 Å². The molecular weight excluding hydrogens is 256 g/mol. The predicted octanol–water partition coefficient (Wildman–Crippen LogP) is 3.21. The fourth-order valence-electron chi connectivity index (χ4n) is 1.61. The number of hydrogen-bond donors (Lipinski definition) is 2. The van der Waals surface area contributed by atoms with Gasteiger partial charge in [0.1, 0.15) is 5.03 Å². The summed E-state index contributed by atoms with van der Waals surface area (Å²) in [6, 6.07) is 8.52. The molecule has 0 radical (unpaired) electrons. The second kappa shape index (κ2) is 5.59. The third kappa shape index (κ3) is 3.68. The highest BCUT2D eigenvalue weighted by molar-refractivity contribution is 7.99. The van der Waals surface area contributed by atoms with Crippen molar-refractivity contribution in [1.29, 1.82) is 0 Å². The summed E-state index contributed by atoms with van der Waals surface area (Å²) in [4.78, 5) is 9.54. The smallest absolute Gasteiger partial charge is 0.159 e. The van der Waals surface area contributed by atoms with Crippen molar-refractivity contribution in [3.05, 3.63) is 42.2 Å². The molecular formula is C14H18N4S. The second-order valence-corrected chi connectivity index (χ2v) is 6.36. The molecule has 0 atom stereocenters. The van der Waals surface area contributed by atoms with Crippen LogP contribution in [-0.4, -0.2) is 9.97 Å². The van der Waals surface area contributed by atoms with Gasteiger partial charge in [-0.1, -0.05) is 44.7 Å². The van der Waals surface area contributed by atoms with Gasteiger partial charge in [0, 0.05) is 4.90 Å². The molecule has 0 aliphatic heterocycles. The van der Waals surface area contributed by atoms with E-state index in [1.807, 2.05) is 0 Å². The Bertz CT molecular complexity index is 546. The Hall–Kier alpha value is -1.59. The van der Waals surface area contributed by atoms with Crippen molar-refractivity contribution in [1.82, 2.24) is 9.97 Å². The Morgan fingerprint density at radius 1 is 1.11 bits per heavy atom. The van der Waals surface area contributed by atoms with Crippen LogP contribution in [0.3, 0.4) is 0 Å². The van der Waals surface area contributed by atoms with Gasteiger partial charge in [0.15, 0.2) is 5.82 Å². The number of nitrogens with one attached hydrogen (secondary N) is 1. The van der Waals surface area contributed by atoms with Crippen molar-refractivity contribution in [2.75, 3.05) is 5.43 Å². The minimum Gasteiger partial charge on any atom is -0.307 e. The van der Waals surface area contributed by atoms with E-state index in [1.54, 1.807) is 24.2 Å². The summed E-state index contributed by atoms with van der Waals surface area (Å²) in [5, 5.41) is 0.818. The van der Waals surface area contributed by atoms with Gasteiger partial charge in [-0.05, 0) is 23.1 Å². The molecule has 1 aromatic heterocycles. The number of aromatic nitrogens is 2. The molecule has 0 saturated carbocycles. The molecule has 0 saturated heterocycles. The zero-order valence-corrected chi connectivity index (χ0v) is 12.2. The van der Waals surface area contributed by atoms with E-state index in [2.05, 4.69) is 60.4 Å². The fraction of sp³-hybridized carbons (Fsp3) is 0.286.